The minimum Gasteiger partial charge on any atom is -0.258 e. The zero-order chi connectivity index (χ0) is 12.1. The van der Waals surface area contributed by atoms with Crippen molar-refractivity contribution in [3.8, 4) is 0 Å². The summed E-state index contributed by atoms with van der Waals surface area (Å²) in [6.07, 6.45) is 16.1. The van der Waals surface area contributed by atoms with Crippen molar-refractivity contribution in [2.24, 2.45) is 23.7 Å². The topological polar surface area (TPSA) is 11.3 Å². The molecule has 0 spiro atoms. The fraction of sp³-hybridized carbons (Fsp3) is 0.588. The maximum absolute atomic E-state index is 5.25. The molecule has 0 amide bonds. The first-order valence-electron chi connectivity index (χ1n) is 7.37. The highest BCUT2D eigenvalue weighted by atomic mass is 16.4. The summed E-state index contributed by atoms with van der Waals surface area (Å²) in [5.74, 6) is 5.01. The number of ketones is 1. The highest BCUT2D eigenvalue weighted by molar-refractivity contribution is 6.01. The van der Waals surface area contributed by atoms with Gasteiger partial charge in [-0.05, 0) is 67.1 Å². The molecule has 0 unspecified atom stereocenters. The number of fused-ring (bicyclic) bond motifs is 5. The lowest BCUT2D eigenvalue weighted by atomic mass is 9.77. The quantitative estimate of drug-likeness (QED) is 0.574. The molecule has 4 aliphatic carbocycles. The molecule has 0 saturated heterocycles. The van der Waals surface area contributed by atoms with Crippen LogP contribution in [0.5, 0.6) is 0 Å². The molecular formula is C17H21O+. The maximum Gasteiger partial charge on any atom is 0.343 e. The summed E-state index contributed by atoms with van der Waals surface area (Å²) in [6, 6.07) is 0. The van der Waals surface area contributed by atoms with E-state index >= 15 is 0 Å². The number of rotatable bonds is 0. The molecule has 4 atom stereocenters. The second kappa shape index (κ2) is 3.94. The molecule has 0 aromatic heterocycles. The fourth-order valence-electron chi connectivity index (χ4n) is 4.98. The Labute approximate surface area is 109 Å². The Kier molecular flexibility index (Phi) is 2.36. The van der Waals surface area contributed by atoms with E-state index in [-0.39, 0.29) is 0 Å². The second-order valence-corrected chi connectivity index (χ2v) is 6.32. The molecule has 0 heterocycles. The van der Waals surface area contributed by atoms with Crippen molar-refractivity contribution in [1.29, 1.82) is 0 Å². The summed E-state index contributed by atoms with van der Waals surface area (Å²) in [5, 5.41) is 0. The zero-order valence-electron chi connectivity index (χ0n) is 11.1. The van der Waals surface area contributed by atoms with E-state index in [1.807, 2.05) is 0 Å². The predicted octanol–water partition coefficient (Wildman–Crippen LogP) is 3.60. The van der Waals surface area contributed by atoms with Gasteiger partial charge in [-0.2, -0.15) is 0 Å². The lowest BCUT2D eigenvalue weighted by molar-refractivity contribution is -0.417. The van der Waals surface area contributed by atoms with Gasteiger partial charge in [0.1, 0.15) is 0 Å². The summed E-state index contributed by atoms with van der Waals surface area (Å²) in [4.78, 5) is 0. The first kappa shape index (κ1) is 10.8. The summed E-state index contributed by atoms with van der Waals surface area (Å²) < 4.78 is 5.25. The summed E-state index contributed by atoms with van der Waals surface area (Å²) in [5.41, 5.74) is 3.24. The first-order valence-corrected chi connectivity index (χ1v) is 7.37. The largest absolute Gasteiger partial charge is 0.343 e. The molecular weight excluding hydrogens is 220 g/mol. The van der Waals surface area contributed by atoms with Crippen LogP contribution in [0, 0.1) is 23.7 Å². The first-order chi connectivity index (χ1) is 8.86. The van der Waals surface area contributed by atoms with Gasteiger partial charge in [-0.15, -0.1) is 0 Å². The average molecular weight is 241 g/mol. The summed E-state index contributed by atoms with van der Waals surface area (Å²) in [7, 11) is 1.74. The van der Waals surface area contributed by atoms with Crippen LogP contribution >= 0.6 is 0 Å². The van der Waals surface area contributed by atoms with Gasteiger partial charge in [0.15, 0.2) is 0 Å². The van der Waals surface area contributed by atoms with Crippen molar-refractivity contribution in [1.82, 2.24) is 0 Å². The highest BCUT2D eigenvalue weighted by Crippen LogP contribution is 2.61. The maximum atomic E-state index is 5.25. The SMILES string of the molecule is C[O+]=C1C=CC(=C2C[C@@H]3C[C@H]2[C@H]2CCC[C@@H]32)C=C1. The normalized spacial score (nSPS) is 40.8. The van der Waals surface area contributed by atoms with Crippen LogP contribution in [0.3, 0.4) is 0 Å². The van der Waals surface area contributed by atoms with Crippen LogP contribution in [0.4, 0.5) is 0 Å². The van der Waals surface area contributed by atoms with Crippen LogP contribution in [0.1, 0.15) is 32.1 Å². The summed E-state index contributed by atoms with van der Waals surface area (Å²) in [6.45, 7) is 0. The summed E-state index contributed by atoms with van der Waals surface area (Å²) >= 11 is 0. The van der Waals surface area contributed by atoms with Crippen LogP contribution in [0.2, 0.25) is 0 Å². The predicted molar refractivity (Wildman–Crippen MR) is 73.3 cm³/mol. The van der Waals surface area contributed by atoms with Gasteiger partial charge in [-0.25, -0.2) is 0 Å². The third-order valence-electron chi connectivity index (χ3n) is 5.69. The van der Waals surface area contributed by atoms with Crippen molar-refractivity contribution < 1.29 is 4.42 Å². The Morgan fingerprint density at radius 3 is 2.61 bits per heavy atom. The number of allylic oxidation sites excluding steroid dienone is 6. The van der Waals surface area contributed by atoms with Gasteiger partial charge in [0.05, 0.1) is 0 Å². The van der Waals surface area contributed by atoms with Crippen molar-refractivity contribution in [2.75, 3.05) is 7.11 Å². The van der Waals surface area contributed by atoms with E-state index in [1.54, 1.807) is 12.7 Å². The Bertz CT molecular complexity index is 474. The molecule has 3 saturated carbocycles. The van der Waals surface area contributed by atoms with Crippen molar-refractivity contribution >= 4 is 5.78 Å². The van der Waals surface area contributed by atoms with E-state index in [1.165, 1.54) is 37.7 Å². The standard InChI is InChI=1S/C17H21O/c1-18-13-7-5-11(6-8-13)16-9-12-10-17(16)15-4-2-3-14(12)15/h5-8,12,14-15,17H,2-4,9-10H2,1H3/q+1/t12-,14+,15+,17+/m1/s1. The van der Waals surface area contributed by atoms with Crippen molar-refractivity contribution in [3.63, 3.8) is 0 Å². The number of hydrogen-bond acceptors (Lipinski definition) is 0. The monoisotopic (exact) mass is 241 g/mol. The Morgan fingerprint density at radius 1 is 1.06 bits per heavy atom. The van der Waals surface area contributed by atoms with E-state index < -0.39 is 0 Å². The van der Waals surface area contributed by atoms with Gasteiger partial charge < -0.3 is 0 Å². The van der Waals surface area contributed by atoms with Crippen LogP contribution in [-0.2, 0) is 4.42 Å². The van der Waals surface area contributed by atoms with Crippen molar-refractivity contribution in [3.05, 3.63) is 35.5 Å². The van der Waals surface area contributed by atoms with Gasteiger partial charge in [0.2, 0.25) is 0 Å². The van der Waals surface area contributed by atoms with E-state index in [0.29, 0.717) is 0 Å². The van der Waals surface area contributed by atoms with Crippen LogP contribution < -0.4 is 0 Å². The highest BCUT2D eigenvalue weighted by Gasteiger charge is 2.51. The van der Waals surface area contributed by atoms with Crippen LogP contribution in [0.15, 0.2) is 35.5 Å². The minimum atomic E-state index is 0.913. The van der Waals surface area contributed by atoms with Crippen LogP contribution in [0.25, 0.3) is 0 Å². The third-order valence-corrected chi connectivity index (χ3v) is 5.69. The van der Waals surface area contributed by atoms with Gasteiger partial charge in [-0.1, -0.05) is 12.0 Å². The van der Waals surface area contributed by atoms with Gasteiger partial charge in [-0.3, -0.25) is 4.42 Å². The molecule has 4 aliphatic rings. The lowest BCUT2D eigenvalue weighted by Gasteiger charge is -2.28. The van der Waals surface area contributed by atoms with E-state index in [2.05, 4.69) is 24.3 Å². The average Bonchev–Trinajstić information content (AvgIpc) is 3.10. The molecule has 0 aromatic carbocycles. The number of carbonyl (C=O) groups excluding carboxylic acids is 1. The number of hydrogen-bond donors (Lipinski definition) is 0. The Hall–Kier alpha value is -1.11. The molecule has 0 radical (unpaired) electrons. The minimum absolute atomic E-state index is 0.913. The molecule has 18 heavy (non-hydrogen) atoms. The zero-order valence-corrected chi connectivity index (χ0v) is 11.1. The molecule has 1 nitrogen and oxygen atoms in total. The molecule has 2 bridgehead atoms. The van der Waals surface area contributed by atoms with Crippen molar-refractivity contribution in [2.45, 2.75) is 32.1 Å². The van der Waals surface area contributed by atoms with Gasteiger partial charge >= 0.3 is 5.78 Å². The third kappa shape index (κ3) is 1.43. The van der Waals surface area contributed by atoms with E-state index in [4.69, 9.17) is 4.42 Å². The molecule has 4 rings (SSSR count). The molecule has 0 N–H and O–H groups in total. The molecule has 1 heteroatoms. The second-order valence-electron chi connectivity index (χ2n) is 6.32. The smallest absolute Gasteiger partial charge is 0.258 e. The Balaban J connectivity index is 1.66. The fourth-order valence-corrected chi connectivity index (χ4v) is 4.98. The van der Waals surface area contributed by atoms with E-state index in [9.17, 15) is 0 Å². The molecule has 0 aliphatic heterocycles. The molecule has 3 fully saturated rings. The van der Waals surface area contributed by atoms with E-state index in [0.717, 1.165) is 29.5 Å². The van der Waals surface area contributed by atoms with Gasteiger partial charge in [0.25, 0.3) is 7.11 Å². The lowest BCUT2D eigenvalue weighted by Crippen LogP contribution is -2.19. The Morgan fingerprint density at radius 2 is 1.83 bits per heavy atom. The van der Waals surface area contributed by atoms with Gasteiger partial charge in [0, 0.05) is 12.2 Å². The molecule has 94 valence electrons. The molecule has 0 aromatic rings. The van der Waals surface area contributed by atoms with Crippen LogP contribution in [-0.4, -0.2) is 12.9 Å².